The van der Waals surface area contributed by atoms with Gasteiger partial charge in [0.05, 0.1) is 0 Å². The highest BCUT2D eigenvalue weighted by atomic mass is 16.3. The fraction of sp³-hybridized carbons (Fsp3) is 0.500. The number of ketones is 1. The minimum absolute atomic E-state index is 0.215. The molecule has 2 heteroatoms. The van der Waals surface area contributed by atoms with Crippen LogP contribution in [0.25, 0.3) is 0 Å². The van der Waals surface area contributed by atoms with E-state index in [9.17, 15) is 9.90 Å². The predicted molar refractivity (Wildman–Crippen MR) is 65.9 cm³/mol. The van der Waals surface area contributed by atoms with Crippen LogP contribution in [0.15, 0.2) is 18.2 Å². The van der Waals surface area contributed by atoms with Crippen molar-refractivity contribution in [3.05, 3.63) is 34.9 Å². The molecule has 1 N–H and O–H groups in total. The quantitative estimate of drug-likeness (QED) is 0.795. The molecule has 0 bridgehead atoms. The van der Waals surface area contributed by atoms with E-state index in [0.29, 0.717) is 11.5 Å². The highest BCUT2D eigenvalue weighted by Crippen LogP contribution is 2.22. The van der Waals surface area contributed by atoms with Gasteiger partial charge in [-0.15, -0.1) is 0 Å². The van der Waals surface area contributed by atoms with Gasteiger partial charge in [-0.05, 0) is 43.9 Å². The van der Waals surface area contributed by atoms with E-state index in [1.54, 1.807) is 0 Å². The molecule has 1 aromatic rings. The first kappa shape index (κ1) is 12.9. The molecule has 0 heterocycles. The van der Waals surface area contributed by atoms with Crippen molar-refractivity contribution in [1.82, 2.24) is 0 Å². The number of rotatable bonds is 3. The van der Waals surface area contributed by atoms with Crippen LogP contribution in [-0.4, -0.2) is 16.5 Å². The molecule has 0 saturated carbocycles. The SMILES string of the molecule is Cc1ccc(C(C)C)cc1C(=O)C(C)(C)O. The van der Waals surface area contributed by atoms with Crippen molar-refractivity contribution >= 4 is 5.78 Å². The monoisotopic (exact) mass is 220 g/mol. The summed E-state index contributed by atoms with van der Waals surface area (Å²) in [4.78, 5) is 12.0. The summed E-state index contributed by atoms with van der Waals surface area (Å²) in [6, 6.07) is 5.86. The van der Waals surface area contributed by atoms with Crippen molar-refractivity contribution < 1.29 is 9.90 Å². The predicted octanol–water partition coefficient (Wildman–Crippen LogP) is 3.07. The van der Waals surface area contributed by atoms with Crippen LogP contribution in [0.2, 0.25) is 0 Å². The van der Waals surface area contributed by atoms with Crippen LogP contribution in [0.4, 0.5) is 0 Å². The molecule has 0 aliphatic carbocycles. The van der Waals surface area contributed by atoms with Crippen molar-refractivity contribution in [2.45, 2.75) is 46.1 Å². The number of aryl methyl sites for hydroxylation is 1. The lowest BCUT2D eigenvalue weighted by atomic mass is 9.90. The molecule has 0 fully saturated rings. The first-order chi connectivity index (χ1) is 7.23. The highest BCUT2D eigenvalue weighted by Gasteiger charge is 2.26. The second-order valence-electron chi connectivity index (χ2n) is 5.12. The van der Waals surface area contributed by atoms with Gasteiger partial charge in [0.1, 0.15) is 5.60 Å². The summed E-state index contributed by atoms with van der Waals surface area (Å²) in [6.45, 7) is 9.11. The molecular formula is C14H20O2. The third-order valence-corrected chi connectivity index (χ3v) is 2.73. The van der Waals surface area contributed by atoms with Gasteiger partial charge >= 0.3 is 0 Å². The zero-order valence-corrected chi connectivity index (χ0v) is 10.7. The molecule has 2 nitrogen and oxygen atoms in total. The number of hydrogen-bond donors (Lipinski definition) is 1. The third kappa shape index (κ3) is 2.70. The topological polar surface area (TPSA) is 37.3 Å². The number of aliphatic hydroxyl groups is 1. The van der Waals surface area contributed by atoms with Gasteiger partial charge in [0, 0.05) is 5.56 Å². The Bertz CT molecular complexity index is 398. The summed E-state index contributed by atoms with van der Waals surface area (Å²) in [7, 11) is 0. The van der Waals surface area contributed by atoms with Crippen LogP contribution in [0.1, 0.15) is 55.1 Å². The molecule has 0 unspecified atom stereocenters. The van der Waals surface area contributed by atoms with E-state index < -0.39 is 5.60 Å². The van der Waals surface area contributed by atoms with E-state index >= 15 is 0 Å². The van der Waals surface area contributed by atoms with Crippen molar-refractivity contribution in [2.24, 2.45) is 0 Å². The van der Waals surface area contributed by atoms with Crippen molar-refractivity contribution in [3.63, 3.8) is 0 Å². The van der Waals surface area contributed by atoms with E-state index in [2.05, 4.69) is 13.8 Å². The molecular weight excluding hydrogens is 200 g/mol. The lowest BCUT2D eigenvalue weighted by Gasteiger charge is -2.18. The molecule has 0 amide bonds. The van der Waals surface area contributed by atoms with E-state index in [4.69, 9.17) is 0 Å². The molecule has 16 heavy (non-hydrogen) atoms. The number of hydrogen-bond acceptors (Lipinski definition) is 2. The maximum atomic E-state index is 12.0. The minimum Gasteiger partial charge on any atom is -0.382 e. The first-order valence-electron chi connectivity index (χ1n) is 5.61. The smallest absolute Gasteiger partial charge is 0.194 e. The molecule has 0 aromatic heterocycles. The fourth-order valence-corrected chi connectivity index (χ4v) is 1.57. The maximum absolute atomic E-state index is 12.0. The number of carbonyl (C=O) groups excluding carboxylic acids is 1. The standard InChI is InChI=1S/C14H20O2/c1-9(2)11-7-6-10(3)12(8-11)13(15)14(4,5)16/h6-9,16H,1-5H3. The summed E-state index contributed by atoms with van der Waals surface area (Å²) in [5, 5.41) is 9.74. The molecule has 0 atom stereocenters. The van der Waals surface area contributed by atoms with Crippen LogP contribution in [-0.2, 0) is 0 Å². The molecule has 88 valence electrons. The number of Topliss-reactive ketones (excluding diaryl/α,β-unsaturated/α-hetero) is 1. The fourth-order valence-electron chi connectivity index (χ4n) is 1.57. The number of benzene rings is 1. The molecule has 0 spiro atoms. The summed E-state index contributed by atoms with van der Waals surface area (Å²) in [5.74, 6) is 0.168. The van der Waals surface area contributed by atoms with Crippen LogP contribution >= 0.6 is 0 Å². The molecule has 1 aromatic carbocycles. The van der Waals surface area contributed by atoms with Crippen LogP contribution in [0.5, 0.6) is 0 Å². The second kappa shape index (κ2) is 4.38. The summed E-state index contributed by atoms with van der Waals surface area (Å²) in [5.41, 5.74) is 1.36. The Kier molecular flexibility index (Phi) is 3.54. The van der Waals surface area contributed by atoms with Gasteiger partial charge in [0.15, 0.2) is 5.78 Å². The first-order valence-corrected chi connectivity index (χ1v) is 5.61. The van der Waals surface area contributed by atoms with Gasteiger partial charge in [-0.3, -0.25) is 4.79 Å². The largest absolute Gasteiger partial charge is 0.382 e. The Labute approximate surface area is 97.3 Å². The van der Waals surface area contributed by atoms with Gasteiger partial charge < -0.3 is 5.11 Å². The Morgan fingerprint density at radius 3 is 2.31 bits per heavy atom. The zero-order valence-electron chi connectivity index (χ0n) is 10.7. The Balaban J connectivity index is 3.23. The van der Waals surface area contributed by atoms with E-state index in [1.165, 1.54) is 13.8 Å². The summed E-state index contributed by atoms with van der Waals surface area (Å²) < 4.78 is 0. The lowest BCUT2D eigenvalue weighted by molar-refractivity contribution is 0.0487. The zero-order chi connectivity index (χ0) is 12.5. The molecule has 0 aliphatic heterocycles. The summed E-state index contributed by atoms with van der Waals surface area (Å²) in [6.07, 6.45) is 0. The molecule has 0 aliphatic rings. The van der Waals surface area contributed by atoms with Crippen molar-refractivity contribution in [1.29, 1.82) is 0 Å². The lowest BCUT2D eigenvalue weighted by Crippen LogP contribution is -2.31. The van der Waals surface area contributed by atoms with Crippen LogP contribution < -0.4 is 0 Å². The second-order valence-corrected chi connectivity index (χ2v) is 5.12. The van der Waals surface area contributed by atoms with Gasteiger partial charge in [0.25, 0.3) is 0 Å². The van der Waals surface area contributed by atoms with Gasteiger partial charge in [0.2, 0.25) is 0 Å². The van der Waals surface area contributed by atoms with E-state index in [0.717, 1.165) is 11.1 Å². The van der Waals surface area contributed by atoms with Crippen LogP contribution in [0, 0.1) is 6.92 Å². The average Bonchev–Trinajstić information content (AvgIpc) is 2.15. The number of carbonyl (C=O) groups is 1. The van der Waals surface area contributed by atoms with E-state index in [1.807, 2.05) is 25.1 Å². The average molecular weight is 220 g/mol. The Morgan fingerprint density at radius 2 is 1.88 bits per heavy atom. The van der Waals surface area contributed by atoms with Gasteiger partial charge in [-0.2, -0.15) is 0 Å². The molecule has 0 saturated heterocycles. The summed E-state index contributed by atoms with van der Waals surface area (Å²) >= 11 is 0. The minimum atomic E-state index is -1.31. The van der Waals surface area contributed by atoms with Gasteiger partial charge in [-0.25, -0.2) is 0 Å². The van der Waals surface area contributed by atoms with E-state index in [-0.39, 0.29) is 5.78 Å². The van der Waals surface area contributed by atoms with Crippen molar-refractivity contribution in [2.75, 3.05) is 0 Å². The maximum Gasteiger partial charge on any atom is 0.194 e. The van der Waals surface area contributed by atoms with Crippen molar-refractivity contribution in [3.8, 4) is 0 Å². The Hall–Kier alpha value is -1.15. The molecule has 1 rings (SSSR count). The highest BCUT2D eigenvalue weighted by molar-refractivity contribution is 6.03. The molecule has 0 radical (unpaired) electrons. The normalized spacial score (nSPS) is 11.9. The third-order valence-electron chi connectivity index (χ3n) is 2.73. The van der Waals surface area contributed by atoms with Gasteiger partial charge in [-0.1, -0.05) is 26.0 Å². The Morgan fingerprint density at radius 1 is 1.31 bits per heavy atom. The van der Waals surface area contributed by atoms with Crippen LogP contribution in [0.3, 0.4) is 0 Å².